The third-order valence-corrected chi connectivity index (χ3v) is 2.87. The predicted molar refractivity (Wildman–Crippen MR) is 66.1 cm³/mol. The molecule has 0 radical (unpaired) electrons. The Morgan fingerprint density at radius 3 is 2.89 bits per heavy atom. The Bertz CT molecular complexity index is 501. The van der Waals surface area contributed by atoms with E-state index in [1.165, 1.54) is 11.8 Å². The quantitative estimate of drug-likeness (QED) is 0.834. The van der Waals surface area contributed by atoms with Crippen LogP contribution < -0.4 is 15.0 Å². The molecule has 0 saturated carbocycles. The maximum Gasteiger partial charge on any atom is 0.326 e. The number of ether oxygens (including phenoxy) is 1. The third kappa shape index (κ3) is 1.97. The van der Waals surface area contributed by atoms with Crippen LogP contribution in [0.5, 0.6) is 5.75 Å². The Hall–Kier alpha value is -2.24. The molecule has 1 unspecified atom stereocenters. The molecule has 2 rings (SSSR count). The van der Waals surface area contributed by atoms with E-state index in [0.717, 1.165) is 5.69 Å². The van der Waals surface area contributed by atoms with Gasteiger partial charge in [-0.15, -0.1) is 0 Å². The zero-order valence-corrected chi connectivity index (χ0v) is 10.1. The molecule has 1 amide bonds. The van der Waals surface area contributed by atoms with Crippen LogP contribution in [0.15, 0.2) is 18.2 Å². The van der Waals surface area contributed by atoms with Crippen LogP contribution in [0.25, 0.3) is 0 Å². The highest BCUT2D eigenvalue weighted by Crippen LogP contribution is 2.35. The van der Waals surface area contributed by atoms with Gasteiger partial charge >= 0.3 is 5.97 Å². The number of carbonyl (C=O) groups excluding carboxylic acids is 1. The number of aliphatic carboxylic acids is 1. The van der Waals surface area contributed by atoms with Gasteiger partial charge in [0.15, 0.2) is 6.61 Å². The fourth-order valence-electron chi connectivity index (χ4n) is 1.86. The van der Waals surface area contributed by atoms with Crippen LogP contribution in [-0.4, -0.2) is 36.7 Å². The maximum absolute atomic E-state index is 11.8. The fourth-order valence-corrected chi connectivity index (χ4v) is 1.86. The second kappa shape index (κ2) is 4.56. The van der Waals surface area contributed by atoms with Crippen molar-refractivity contribution in [3.05, 3.63) is 18.2 Å². The van der Waals surface area contributed by atoms with Crippen LogP contribution in [-0.2, 0) is 9.59 Å². The van der Waals surface area contributed by atoms with Crippen LogP contribution in [0.3, 0.4) is 0 Å². The minimum Gasteiger partial charge on any atom is -0.482 e. The van der Waals surface area contributed by atoms with E-state index in [-0.39, 0.29) is 12.5 Å². The largest absolute Gasteiger partial charge is 0.482 e. The number of rotatable bonds is 3. The number of benzene rings is 1. The number of anilines is 2. The van der Waals surface area contributed by atoms with Crippen molar-refractivity contribution in [3.8, 4) is 5.75 Å². The number of nitrogens with zero attached hydrogens (tertiary/aromatic N) is 1. The van der Waals surface area contributed by atoms with Crippen molar-refractivity contribution in [1.29, 1.82) is 0 Å². The Labute approximate surface area is 104 Å². The normalized spacial score (nSPS) is 15.7. The van der Waals surface area contributed by atoms with Gasteiger partial charge in [0.1, 0.15) is 11.8 Å². The molecule has 1 heterocycles. The lowest BCUT2D eigenvalue weighted by atomic mass is 10.1. The number of fused-ring (bicyclic) bond motifs is 1. The van der Waals surface area contributed by atoms with Crippen LogP contribution >= 0.6 is 0 Å². The molecule has 1 aliphatic heterocycles. The molecule has 1 aromatic carbocycles. The van der Waals surface area contributed by atoms with E-state index in [9.17, 15) is 9.59 Å². The summed E-state index contributed by atoms with van der Waals surface area (Å²) in [5.74, 6) is -0.890. The van der Waals surface area contributed by atoms with E-state index < -0.39 is 12.0 Å². The minimum atomic E-state index is -1.05. The maximum atomic E-state index is 11.8. The number of hydrogen-bond donors (Lipinski definition) is 2. The first-order valence-corrected chi connectivity index (χ1v) is 5.54. The fraction of sp³-hybridized carbons (Fsp3) is 0.333. The van der Waals surface area contributed by atoms with Crippen molar-refractivity contribution in [2.24, 2.45) is 0 Å². The summed E-state index contributed by atoms with van der Waals surface area (Å²) < 4.78 is 5.28. The predicted octanol–water partition coefficient (Wildman–Crippen LogP) is 0.927. The molecule has 1 atom stereocenters. The molecular formula is C12H14N2O4. The number of hydrogen-bond acceptors (Lipinski definition) is 4. The molecule has 18 heavy (non-hydrogen) atoms. The summed E-state index contributed by atoms with van der Waals surface area (Å²) >= 11 is 0. The monoisotopic (exact) mass is 250 g/mol. The standard InChI is InChI=1S/C12H14N2O4/c1-7(12(16)17)14-9-5-8(13-2)3-4-10(9)18-6-11(14)15/h3-5,7,13H,6H2,1-2H3,(H,16,17). The van der Waals surface area contributed by atoms with Crippen molar-refractivity contribution < 1.29 is 19.4 Å². The van der Waals surface area contributed by atoms with Gasteiger partial charge in [-0.1, -0.05) is 0 Å². The second-order valence-corrected chi connectivity index (χ2v) is 4.00. The average Bonchev–Trinajstić information content (AvgIpc) is 2.37. The highest BCUT2D eigenvalue weighted by molar-refractivity contribution is 6.02. The van der Waals surface area contributed by atoms with Crippen LogP contribution in [0.1, 0.15) is 6.92 Å². The van der Waals surface area contributed by atoms with Gasteiger partial charge in [0.05, 0.1) is 5.69 Å². The molecule has 0 aliphatic carbocycles. The van der Waals surface area contributed by atoms with Crippen LogP contribution in [0, 0.1) is 0 Å². The Balaban J connectivity index is 2.48. The molecule has 0 fully saturated rings. The van der Waals surface area contributed by atoms with E-state index in [0.29, 0.717) is 11.4 Å². The lowest BCUT2D eigenvalue weighted by Crippen LogP contribution is -2.48. The zero-order chi connectivity index (χ0) is 13.3. The first-order chi connectivity index (χ1) is 8.54. The van der Waals surface area contributed by atoms with Crippen molar-refractivity contribution >= 4 is 23.3 Å². The van der Waals surface area contributed by atoms with E-state index in [4.69, 9.17) is 9.84 Å². The van der Waals surface area contributed by atoms with E-state index in [2.05, 4.69) is 5.32 Å². The van der Waals surface area contributed by atoms with E-state index in [1.807, 2.05) is 0 Å². The number of carbonyl (C=O) groups is 2. The third-order valence-electron chi connectivity index (χ3n) is 2.87. The van der Waals surface area contributed by atoms with E-state index in [1.54, 1.807) is 25.2 Å². The highest BCUT2D eigenvalue weighted by Gasteiger charge is 2.33. The Morgan fingerprint density at radius 1 is 1.56 bits per heavy atom. The van der Waals surface area contributed by atoms with Crippen molar-refractivity contribution in [1.82, 2.24) is 0 Å². The molecule has 0 aromatic heterocycles. The summed E-state index contributed by atoms with van der Waals surface area (Å²) in [6, 6.07) is 4.30. The SMILES string of the molecule is CNc1ccc2c(c1)N(C(C)C(=O)O)C(=O)CO2. The number of nitrogens with one attached hydrogen (secondary N) is 1. The molecule has 1 aromatic rings. The summed E-state index contributed by atoms with van der Waals surface area (Å²) in [4.78, 5) is 24.1. The number of carboxylic acids is 1. The highest BCUT2D eigenvalue weighted by atomic mass is 16.5. The smallest absolute Gasteiger partial charge is 0.326 e. The van der Waals surface area contributed by atoms with Gasteiger partial charge in [-0.25, -0.2) is 4.79 Å². The topological polar surface area (TPSA) is 78.9 Å². The van der Waals surface area contributed by atoms with Crippen LogP contribution in [0.4, 0.5) is 11.4 Å². The molecule has 0 saturated heterocycles. The molecule has 6 nitrogen and oxygen atoms in total. The first-order valence-electron chi connectivity index (χ1n) is 5.54. The lowest BCUT2D eigenvalue weighted by molar-refractivity contribution is -0.140. The van der Waals surface area contributed by atoms with Gasteiger partial charge in [0.2, 0.25) is 0 Å². The van der Waals surface area contributed by atoms with Crippen molar-refractivity contribution in [3.63, 3.8) is 0 Å². The first kappa shape index (κ1) is 12.2. The number of carboxylic acid groups (broad SMARTS) is 1. The summed E-state index contributed by atoms with van der Waals surface area (Å²) in [5, 5.41) is 12.0. The van der Waals surface area contributed by atoms with Crippen molar-refractivity contribution in [2.75, 3.05) is 23.9 Å². The van der Waals surface area contributed by atoms with E-state index >= 15 is 0 Å². The molecule has 0 spiro atoms. The molecule has 0 bridgehead atoms. The summed E-state index contributed by atoms with van der Waals surface area (Å²) in [7, 11) is 1.75. The van der Waals surface area contributed by atoms with Crippen molar-refractivity contribution in [2.45, 2.75) is 13.0 Å². The van der Waals surface area contributed by atoms with Gasteiger partial charge in [-0.2, -0.15) is 0 Å². The summed E-state index contributed by atoms with van der Waals surface area (Å²) in [6.07, 6.45) is 0. The molecular weight excluding hydrogens is 236 g/mol. The van der Waals surface area contributed by atoms with Gasteiger partial charge in [0, 0.05) is 12.7 Å². The average molecular weight is 250 g/mol. The Morgan fingerprint density at radius 2 is 2.28 bits per heavy atom. The summed E-state index contributed by atoms with van der Waals surface area (Å²) in [6.45, 7) is 1.34. The zero-order valence-electron chi connectivity index (χ0n) is 10.1. The minimum absolute atomic E-state index is 0.135. The van der Waals surface area contributed by atoms with Gasteiger partial charge in [-0.3, -0.25) is 9.69 Å². The summed E-state index contributed by atoms with van der Waals surface area (Å²) in [5.41, 5.74) is 1.27. The van der Waals surface area contributed by atoms with Gasteiger partial charge in [-0.05, 0) is 25.1 Å². The lowest BCUT2D eigenvalue weighted by Gasteiger charge is -2.32. The molecule has 2 N–H and O–H groups in total. The van der Waals surface area contributed by atoms with Crippen LogP contribution in [0.2, 0.25) is 0 Å². The van der Waals surface area contributed by atoms with Gasteiger partial charge in [0.25, 0.3) is 5.91 Å². The molecule has 1 aliphatic rings. The number of amides is 1. The molecule has 6 heteroatoms. The van der Waals surface area contributed by atoms with Gasteiger partial charge < -0.3 is 15.2 Å². The molecule has 96 valence electrons. The Kier molecular flexibility index (Phi) is 3.10. The second-order valence-electron chi connectivity index (χ2n) is 4.00.